The number of unbranched alkanes of at least 4 members (excludes halogenated alkanes) is 13. The van der Waals surface area contributed by atoms with Crippen molar-refractivity contribution in [2.24, 2.45) is 0 Å². The molecule has 3 rings (SSSR count). The van der Waals surface area contributed by atoms with Gasteiger partial charge in [0.05, 0.1) is 19.3 Å². The third kappa shape index (κ3) is 12.3. The van der Waals surface area contributed by atoms with Crippen LogP contribution in [0.25, 0.3) is 0 Å². The van der Waals surface area contributed by atoms with E-state index in [-0.39, 0.29) is 41.6 Å². The summed E-state index contributed by atoms with van der Waals surface area (Å²) < 4.78 is 44.1. The Bertz CT molecular complexity index is 1140. The van der Waals surface area contributed by atoms with Gasteiger partial charge >= 0.3 is 0 Å². The smallest absolute Gasteiger partial charge is 0.184 e. The number of aliphatic hydroxyl groups excluding tert-OH is 1. The number of halogens is 3. The standard InChI is InChI=1S/C38H58F2NO3.BrH/c1-4-6-8-10-12-13-14-15-17-22-35-31-23-24-36(43-3)38(44-27-18-16-11-9-7-5-2)37(31)30(25-26-42)28-41(35)29-32-33(39)20-19-21-34(32)40;/h19-21,23-24,30,42H,4-18,22,25-29H2,1-3H3;1H/q+1;/p-1. The third-order valence-corrected chi connectivity index (χ3v) is 9.07. The summed E-state index contributed by atoms with van der Waals surface area (Å²) in [6.45, 7) is 5.83. The zero-order valence-electron chi connectivity index (χ0n) is 28.2. The summed E-state index contributed by atoms with van der Waals surface area (Å²) in [5.74, 6) is 0.377. The SMILES string of the molecule is CCCCCCCCCCCC1=[N+](Cc2c(F)cccc2F)CC(CCO)c2c1ccc(OC)c2OCCCCCCCC.[Br-]. The minimum absolute atomic E-state index is 0. The van der Waals surface area contributed by atoms with Crippen LogP contribution >= 0.6 is 0 Å². The van der Waals surface area contributed by atoms with E-state index < -0.39 is 11.6 Å². The highest BCUT2D eigenvalue weighted by Crippen LogP contribution is 2.43. The molecule has 0 saturated carbocycles. The van der Waals surface area contributed by atoms with Crippen molar-refractivity contribution in [1.82, 2.24) is 0 Å². The van der Waals surface area contributed by atoms with Gasteiger partial charge < -0.3 is 31.6 Å². The maximum Gasteiger partial charge on any atom is 0.184 e. The highest BCUT2D eigenvalue weighted by molar-refractivity contribution is 6.00. The predicted molar refractivity (Wildman–Crippen MR) is 177 cm³/mol. The van der Waals surface area contributed by atoms with Crippen LogP contribution in [0, 0.1) is 11.6 Å². The monoisotopic (exact) mass is 693 g/mol. The summed E-state index contributed by atoms with van der Waals surface area (Å²) in [5.41, 5.74) is 3.33. The van der Waals surface area contributed by atoms with Crippen LogP contribution in [0.3, 0.4) is 0 Å². The first-order valence-corrected chi connectivity index (χ1v) is 17.5. The molecule has 0 bridgehead atoms. The van der Waals surface area contributed by atoms with Crippen molar-refractivity contribution in [2.45, 2.75) is 135 Å². The van der Waals surface area contributed by atoms with E-state index in [1.165, 1.54) is 88.8 Å². The molecule has 0 saturated heterocycles. The molecule has 2 aromatic carbocycles. The number of aliphatic hydroxyl groups is 1. The fourth-order valence-corrected chi connectivity index (χ4v) is 6.56. The number of benzene rings is 2. The van der Waals surface area contributed by atoms with Gasteiger partial charge in [0, 0.05) is 30.1 Å². The van der Waals surface area contributed by atoms with E-state index >= 15 is 0 Å². The zero-order chi connectivity index (χ0) is 31.6. The average molecular weight is 695 g/mol. The first-order valence-electron chi connectivity index (χ1n) is 17.5. The Morgan fingerprint density at radius 1 is 0.800 bits per heavy atom. The molecule has 4 nitrogen and oxygen atoms in total. The predicted octanol–water partition coefficient (Wildman–Crippen LogP) is 7.12. The van der Waals surface area contributed by atoms with Gasteiger partial charge in [0.2, 0.25) is 0 Å². The lowest BCUT2D eigenvalue weighted by atomic mass is 9.83. The molecule has 1 aliphatic rings. The van der Waals surface area contributed by atoms with Crippen LogP contribution in [0.2, 0.25) is 0 Å². The highest BCUT2D eigenvalue weighted by atomic mass is 79.9. The molecular formula is C38H58BrF2NO3. The van der Waals surface area contributed by atoms with Gasteiger partial charge in [-0.2, -0.15) is 0 Å². The Morgan fingerprint density at radius 3 is 1.96 bits per heavy atom. The van der Waals surface area contributed by atoms with E-state index in [0.29, 0.717) is 25.3 Å². The van der Waals surface area contributed by atoms with Crippen LogP contribution in [0.15, 0.2) is 30.3 Å². The van der Waals surface area contributed by atoms with Gasteiger partial charge in [-0.25, -0.2) is 13.4 Å². The Morgan fingerprint density at radius 2 is 1.38 bits per heavy atom. The van der Waals surface area contributed by atoms with Crippen molar-refractivity contribution in [3.63, 3.8) is 0 Å². The van der Waals surface area contributed by atoms with E-state index in [4.69, 9.17) is 9.47 Å². The lowest BCUT2D eigenvalue weighted by Crippen LogP contribution is -3.00. The van der Waals surface area contributed by atoms with Crippen LogP contribution < -0.4 is 26.5 Å². The Kier molecular flexibility index (Phi) is 19.6. The normalized spacial score (nSPS) is 14.3. The molecule has 1 aliphatic heterocycles. The van der Waals surface area contributed by atoms with E-state index in [1.54, 1.807) is 7.11 Å². The van der Waals surface area contributed by atoms with Crippen molar-refractivity contribution < 1.29 is 44.9 Å². The molecule has 254 valence electrons. The van der Waals surface area contributed by atoms with E-state index in [0.717, 1.165) is 54.7 Å². The van der Waals surface area contributed by atoms with Crippen molar-refractivity contribution in [2.75, 3.05) is 26.9 Å². The van der Waals surface area contributed by atoms with E-state index in [1.807, 2.05) is 6.07 Å². The maximum atomic E-state index is 14.9. The van der Waals surface area contributed by atoms with Gasteiger partial charge in [0.1, 0.15) is 11.6 Å². The lowest BCUT2D eigenvalue weighted by Gasteiger charge is -2.29. The van der Waals surface area contributed by atoms with Gasteiger partial charge in [-0.15, -0.1) is 0 Å². The second kappa shape index (κ2) is 22.5. The van der Waals surface area contributed by atoms with Crippen molar-refractivity contribution >= 4 is 5.71 Å². The number of hydrogen-bond donors (Lipinski definition) is 1. The van der Waals surface area contributed by atoms with Crippen LogP contribution in [0.1, 0.15) is 146 Å². The molecule has 7 heteroatoms. The summed E-state index contributed by atoms with van der Waals surface area (Å²) in [4.78, 5) is 0. The van der Waals surface area contributed by atoms with Crippen LogP contribution in [0.5, 0.6) is 11.5 Å². The molecule has 1 N–H and O–H groups in total. The Labute approximate surface area is 282 Å². The van der Waals surface area contributed by atoms with Gasteiger partial charge in [0.25, 0.3) is 0 Å². The van der Waals surface area contributed by atoms with Crippen LogP contribution in [0.4, 0.5) is 8.78 Å². The molecule has 1 atom stereocenters. The topological polar surface area (TPSA) is 41.7 Å². The number of methoxy groups -OCH3 is 1. The molecular weight excluding hydrogens is 636 g/mol. The van der Waals surface area contributed by atoms with Gasteiger partial charge in [-0.05, 0) is 43.5 Å². The molecule has 1 heterocycles. The molecule has 0 amide bonds. The molecule has 0 spiro atoms. The number of rotatable bonds is 23. The molecule has 0 radical (unpaired) electrons. The van der Waals surface area contributed by atoms with Crippen molar-refractivity contribution in [3.8, 4) is 11.5 Å². The summed E-state index contributed by atoms with van der Waals surface area (Å²) in [7, 11) is 1.67. The second-order valence-electron chi connectivity index (χ2n) is 12.5. The number of ether oxygens (including phenoxy) is 2. The average Bonchev–Trinajstić information content (AvgIpc) is 3.02. The molecule has 0 aromatic heterocycles. The summed E-state index contributed by atoms with van der Waals surface area (Å²) in [6.07, 6.45) is 19.6. The zero-order valence-corrected chi connectivity index (χ0v) is 29.7. The Hall–Kier alpha value is -1.99. The lowest BCUT2D eigenvalue weighted by molar-refractivity contribution is -0.550. The number of fused-ring (bicyclic) bond motifs is 1. The molecule has 45 heavy (non-hydrogen) atoms. The minimum atomic E-state index is -0.519. The van der Waals surface area contributed by atoms with E-state index in [2.05, 4.69) is 24.5 Å². The largest absolute Gasteiger partial charge is 1.00 e. The molecule has 2 aromatic rings. The summed E-state index contributed by atoms with van der Waals surface area (Å²) >= 11 is 0. The second-order valence-corrected chi connectivity index (χ2v) is 12.5. The summed E-state index contributed by atoms with van der Waals surface area (Å²) in [6, 6.07) is 8.14. The van der Waals surface area contributed by atoms with E-state index in [9.17, 15) is 13.9 Å². The number of nitrogens with zero attached hydrogens (tertiary/aromatic N) is 1. The Balaban J connectivity index is 0.00000705. The van der Waals surface area contributed by atoms with Gasteiger partial charge in [-0.1, -0.05) is 103 Å². The maximum absolute atomic E-state index is 14.9. The first kappa shape index (κ1) is 39.2. The first-order chi connectivity index (χ1) is 21.5. The summed E-state index contributed by atoms with van der Waals surface area (Å²) in [5, 5.41) is 10.1. The molecule has 0 fully saturated rings. The fourth-order valence-electron chi connectivity index (χ4n) is 6.56. The van der Waals surface area contributed by atoms with Crippen molar-refractivity contribution in [3.05, 3.63) is 58.7 Å². The highest BCUT2D eigenvalue weighted by Gasteiger charge is 2.36. The number of hydrogen-bond acceptors (Lipinski definition) is 3. The molecule has 1 unspecified atom stereocenters. The van der Waals surface area contributed by atoms with Gasteiger partial charge in [0.15, 0.2) is 30.3 Å². The fraction of sp³-hybridized carbons (Fsp3) is 0.658. The van der Waals surface area contributed by atoms with Crippen LogP contribution in [-0.4, -0.2) is 42.3 Å². The third-order valence-electron chi connectivity index (χ3n) is 9.07. The minimum Gasteiger partial charge on any atom is -1.00 e. The van der Waals surface area contributed by atoms with Gasteiger partial charge in [-0.3, -0.25) is 0 Å². The quantitative estimate of drug-likeness (QED) is 0.0996. The van der Waals surface area contributed by atoms with Crippen LogP contribution in [-0.2, 0) is 6.54 Å². The van der Waals surface area contributed by atoms with Crippen molar-refractivity contribution in [1.29, 1.82) is 0 Å². The molecule has 0 aliphatic carbocycles.